The number of carbonyl (C=O) groups is 1. The average Bonchev–Trinajstić information content (AvgIpc) is 2.58. The quantitative estimate of drug-likeness (QED) is 0.536. The number of carbonyl (C=O) groups excluding carboxylic acids is 1. The van der Waals surface area contributed by atoms with Gasteiger partial charge in [-0.15, -0.1) is 0 Å². The van der Waals surface area contributed by atoms with Gasteiger partial charge < -0.3 is 20.7 Å². The molecule has 2 aliphatic rings. The fourth-order valence-corrected chi connectivity index (χ4v) is 3.49. The van der Waals surface area contributed by atoms with E-state index in [1.54, 1.807) is 0 Å². The zero-order valence-electron chi connectivity index (χ0n) is 15.2. The first kappa shape index (κ1) is 19.0. The number of hydrogen-bond acceptors (Lipinski definition) is 4. The summed E-state index contributed by atoms with van der Waals surface area (Å²) in [5.41, 5.74) is 5.37. The number of amides is 1. The van der Waals surface area contributed by atoms with Crippen molar-refractivity contribution in [3.05, 3.63) is 0 Å². The van der Waals surface area contributed by atoms with E-state index in [2.05, 4.69) is 29.0 Å². The molecule has 2 saturated heterocycles. The van der Waals surface area contributed by atoms with Crippen LogP contribution in [0.3, 0.4) is 0 Å². The molecule has 7 heteroatoms. The Morgan fingerprint density at radius 3 is 2.79 bits per heavy atom. The number of piperidine rings is 1. The van der Waals surface area contributed by atoms with Crippen molar-refractivity contribution in [2.24, 2.45) is 16.6 Å². The number of aliphatic imine (C=N–C) groups is 1. The van der Waals surface area contributed by atoms with Crippen LogP contribution in [0.1, 0.15) is 33.1 Å². The first-order chi connectivity index (χ1) is 11.6. The SMILES string of the molecule is CCNC(=NCC(C)N1CCOCC1)N1CCCC(CC(N)=O)C1. The molecule has 2 heterocycles. The fourth-order valence-electron chi connectivity index (χ4n) is 3.49. The highest BCUT2D eigenvalue weighted by atomic mass is 16.5. The van der Waals surface area contributed by atoms with Crippen LogP contribution in [0.15, 0.2) is 4.99 Å². The van der Waals surface area contributed by atoms with E-state index in [1.165, 1.54) is 0 Å². The van der Waals surface area contributed by atoms with Gasteiger partial charge in [0.2, 0.25) is 5.91 Å². The highest BCUT2D eigenvalue weighted by Crippen LogP contribution is 2.19. The Bertz CT molecular complexity index is 423. The lowest BCUT2D eigenvalue weighted by atomic mass is 9.95. The van der Waals surface area contributed by atoms with Crippen LogP contribution in [0.4, 0.5) is 0 Å². The normalized spacial score (nSPS) is 24.7. The Balaban J connectivity index is 1.92. The van der Waals surface area contributed by atoms with E-state index >= 15 is 0 Å². The van der Waals surface area contributed by atoms with Gasteiger partial charge in [0.25, 0.3) is 0 Å². The molecule has 0 aromatic heterocycles. The summed E-state index contributed by atoms with van der Waals surface area (Å²) in [6, 6.07) is 0.411. The molecule has 2 rings (SSSR count). The van der Waals surface area contributed by atoms with E-state index in [4.69, 9.17) is 15.5 Å². The Morgan fingerprint density at radius 1 is 1.38 bits per heavy atom. The van der Waals surface area contributed by atoms with Crippen molar-refractivity contribution in [2.45, 2.75) is 39.2 Å². The summed E-state index contributed by atoms with van der Waals surface area (Å²) in [4.78, 5) is 20.8. The third kappa shape index (κ3) is 5.94. The number of primary amides is 1. The van der Waals surface area contributed by atoms with Crippen LogP contribution >= 0.6 is 0 Å². The molecule has 138 valence electrons. The van der Waals surface area contributed by atoms with E-state index in [-0.39, 0.29) is 5.91 Å². The van der Waals surface area contributed by atoms with E-state index < -0.39 is 0 Å². The maximum Gasteiger partial charge on any atom is 0.217 e. The molecule has 0 aliphatic carbocycles. The maximum atomic E-state index is 11.2. The summed E-state index contributed by atoms with van der Waals surface area (Å²) in [6.45, 7) is 11.4. The zero-order valence-corrected chi connectivity index (χ0v) is 15.2. The average molecular weight is 339 g/mol. The van der Waals surface area contributed by atoms with E-state index in [0.717, 1.165) is 71.3 Å². The molecule has 2 unspecified atom stereocenters. The molecule has 2 atom stereocenters. The molecule has 0 saturated carbocycles. The second-order valence-electron chi connectivity index (χ2n) is 6.82. The Morgan fingerprint density at radius 2 is 2.12 bits per heavy atom. The molecule has 1 amide bonds. The van der Waals surface area contributed by atoms with Crippen LogP contribution in [-0.2, 0) is 9.53 Å². The van der Waals surface area contributed by atoms with Gasteiger partial charge >= 0.3 is 0 Å². The summed E-state index contributed by atoms with van der Waals surface area (Å²) in [5.74, 6) is 1.10. The van der Waals surface area contributed by atoms with Crippen LogP contribution < -0.4 is 11.1 Å². The first-order valence-corrected chi connectivity index (χ1v) is 9.23. The molecule has 0 aromatic carbocycles. The summed E-state index contributed by atoms with van der Waals surface area (Å²) < 4.78 is 5.42. The highest BCUT2D eigenvalue weighted by molar-refractivity contribution is 5.80. The molecule has 0 bridgehead atoms. The largest absolute Gasteiger partial charge is 0.379 e. The van der Waals surface area contributed by atoms with E-state index in [0.29, 0.717) is 18.4 Å². The molecule has 2 fully saturated rings. The summed E-state index contributed by atoms with van der Waals surface area (Å²) in [7, 11) is 0. The lowest BCUT2D eigenvalue weighted by molar-refractivity contribution is -0.119. The van der Waals surface area contributed by atoms with Crippen molar-refractivity contribution in [1.82, 2.24) is 15.1 Å². The standard InChI is InChI=1S/C17H33N5O2/c1-3-19-17(20-12-14(2)21-7-9-24-10-8-21)22-6-4-5-15(13-22)11-16(18)23/h14-15H,3-13H2,1-2H3,(H2,18,23)(H,19,20). The molecule has 7 nitrogen and oxygen atoms in total. The molecule has 24 heavy (non-hydrogen) atoms. The van der Waals surface area contributed by atoms with Gasteiger partial charge in [0.05, 0.1) is 19.8 Å². The van der Waals surface area contributed by atoms with Crippen LogP contribution in [0.2, 0.25) is 0 Å². The molecular weight excluding hydrogens is 306 g/mol. The fraction of sp³-hybridized carbons (Fsp3) is 0.882. The van der Waals surface area contributed by atoms with E-state index in [9.17, 15) is 4.79 Å². The third-order valence-corrected chi connectivity index (χ3v) is 4.82. The second kappa shape index (κ2) is 9.84. The summed E-state index contributed by atoms with van der Waals surface area (Å²) in [5, 5.41) is 3.40. The Kier molecular flexibility index (Phi) is 7.78. The molecular formula is C17H33N5O2. The lowest BCUT2D eigenvalue weighted by Gasteiger charge is -2.35. The van der Waals surface area contributed by atoms with Gasteiger partial charge in [-0.2, -0.15) is 0 Å². The zero-order chi connectivity index (χ0) is 17.4. The van der Waals surface area contributed by atoms with Crippen LogP contribution in [-0.4, -0.2) is 80.2 Å². The first-order valence-electron chi connectivity index (χ1n) is 9.23. The smallest absolute Gasteiger partial charge is 0.217 e. The second-order valence-corrected chi connectivity index (χ2v) is 6.82. The van der Waals surface area contributed by atoms with Crippen molar-refractivity contribution < 1.29 is 9.53 Å². The number of likely N-dealkylation sites (tertiary alicyclic amines) is 1. The molecule has 2 aliphatic heterocycles. The highest BCUT2D eigenvalue weighted by Gasteiger charge is 2.24. The molecule has 0 radical (unpaired) electrons. The van der Waals surface area contributed by atoms with Crippen molar-refractivity contribution in [3.63, 3.8) is 0 Å². The maximum absolute atomic E-state index is 11.2. The van der Waals surface area contributed by atoms with Gasteiger partial charge in [-0.25, -0.2) is 0 Å². The van der Waals surface area contributed by atoms with Crippen molar-refractivity contribution in [1.29, 1.82) is 0 Å². The van der Waals surface area contributed by atoms with Gasteiger partial charge in [0.15, 0.2) is 5.96 Å². The third-order valence-electron chi connectivity index (χ3n) is 4.82. The molecule has 3 N–H and O–H groups in total. The van der Waals surface area contributed by atoms with Crippen LogP contribution in [0.5, 0.6) is 0 Å². The van der Waals surface area contributed by atoms with E-state index in [1.807, 2.05) is 0 Å². The van der Waals surface area contributed by atoms with Crippen molar-refractivity contribution in [3.8, 4) is 0 Å². The number of nitrogens with two attached hydrogens (primary N) is 1. The molecule has 0 aromatic rings. The van der Waals surface area contributed by atoms with Gasteiger partial charge in [-0.3, -0.25) is 14.7 Å². The minimum Gasteiger partial charge on any atom is -0.379 e. The number of guanidine groups is 1. The number of nitrogens with one attached hydrogen (secondary N) is 1. The van der Waals surface area contributed by atoms with Crippen molar-refractivity contribution >= 4 is 11.9 Å². The minimum absolute atomic E-state index is 0.204. The Hall–Kier alpha value is -1.34. The topological polar surface area (TPSA) is 83.2 Å². The lowest BCUT2D eigenvalue weighted by Crippen LogP contribution is -2.48. The monoisotopic (exact) mass is 339 g/mol. The summed E-state index contributed by atoms with van der Waals surface area (Å²) >= 11 is 0. The predicted molar refractivity (Wildman–Crippen MR) is 95.9 cm³/mol. The summed E-state index contributed by atoms with van der Waals surface area (Å²) in [6.07, 6.45) is 2.63. The van der Waals surface area contributed by atoms with Gasteiger partial charge in [0.1, 0.15) is 0 Å². The van der Waals surface area contributed by atoms with Crippen molar-refractivity contribution in [2.75, 3.05) is 52.5 Å². The van der Waals surface area contributed by atoms with Gasteiger partial charge in [0, 0.05) is 45.2 Å². The van der Waals surface area contributed by atoms with Gasteiger partial charge in [-0.1, -0.05) is 0 Å². The number of morpholine rings is 1. The Labute approximate surface area is 145 Å². The number of rotatable bonds is 6. The van der Waals surface area contributed by atoms with Crippen LogP contribution in [0, 0.1) is 5.92 Å². The van der Waals surface area contributed by atoms with Gasteiger partial charge in [-0.05, 0) is 32.6 Å². The number of ether oxygens (including phenoxy) is 1. The number of hydrogen-bond donors (Lipinski definition) is 2. The van der Waals surface area contributed by atoms with Crippen LogP contribution in [0.25, 0.3) is 0 Å². The minimum atomic E-state index is -0.204. The number of nitrogens with zero attached hydrogens (tertiary/aromatic N) is 3. The predicted octanol–water partition coefficient (Wildman–Crippen LogP) is 0.260. The molecule has 0 spiro atoms.